The number of nitrogens with two attached hydrogens (primary N) is 1. The molecule has 0 aliphatic rings. The first-order valence-electron chi connectivity index (χ1n) is 6.46. The van der Waals surface area contributed by atoms with Crippen molar-refractivity contribution in [2.24, 2.45) is 5.73 Å². The van der Waals surface area contributed by atoms with Crippen LogP contribution in [0.1, 0.15) is 17.2 Å². The molecular weight excluding hydrogens is 337 g/mol. The molecule has 2 aromatic rings. The molecule has 0 aliphatic carbocycles. The van der Waals surface area contributed by atoms with E-state index in [4.69, 9.17) is 15.2 Å². The van der Waals surface area contributed by atoms with Crippen LogP contribution in [0.4, 0.5) is 4.39 Å². The first kappa shape index (κ1) is 15.8. The second-order valence-electron chi connectivity index (χ2n) is 4.66. The Bertz CT molecular complexity index is 634. The molecule has 0 amide bonds. The first-order chi connectivity index (χ1) is 10.0. The van der Waals surface area contributed by atoms with Crippen molar-refractivity contribution in [3.63, 3.8) is 0 Å². The van der Waals surface area contributed by atoms with E-state index < -0.39 is 5.82 Å². The molecule has 0 spiro atoms. The van der Waals surface area contributed by atoms with Crippen LogP contribution in [0.5, 0.6) is 11.5 Å². The maximum atomic E-state index is 13.7. The van der Waals surface area contributed by atoms with E-state index in [0.717, 1.165) is 21.3 Å². The van der Waals surface area contributed by atoms with Crippen molar-refractivity contribution < 1.29 is 13.9 Å². The van der Waals surface area contributed by atoms with E-state index in [9.17, 15) is 4.39 Å². The highest BCUT2D eigenvalue weighted by atomic mass is 79.9. The quantitative estimate of drug-likeness (QED) is 0.887. The van der Waals surface area contributed by atoms with Gasteiger partial charge in [0.25, 0.3) is 0 Å². The number of ether oxygens (including phenoxy) is 2. The second-order valence-corrected chi connectivity index (χ2v) is 5.58. The van der Waals surface area contributed by atoms with Gasteiger partial charge >= 0.3 is 0 Å². The summed E-state index contributed by atoms with van der Waals surface area (Å²) >= 11 is 3.43. The number of benzene rings is 2. The lowest BCUT2D eigenvalue weighted by atomic mass is 9.99. The summed E-state index contributed by atoms with van der Waals surface area (Å²) in [6, 6.07) is 10.2. The smallest absolute Gasteiger partial charge is 0.165 e. The van der Waals surface area contributed by atoms with Gasteiger partial charge in [-0.3, -0.25) is 0 Å². The van der Waals surface area contributed by atoms with Crippen LogP contribution in [-0.4, -0.2) is 14.2 Å². The zero-order valence-corrected chi connectivity index (χ0v) is 13.5. The van der Waals surface area contributed by atoms with Crippen LogP contribution in [0.2, 0.25) is 0 Å². The lowest BCUT2D eigenvalue weighted by molar-refractivity contribution is 0.385. The van der Waals surface area contributed by atoms with Crippen LogP contribution in [0.25, 0.3) is 0 Å². The maximum Gasteiger partial charge on any atom is 0.165 e. The van der Waals surface area contributed by atoms with Gasteiger partial charge in [-0.2, -0.15) is 0 Å². The topological polar surface area (TPSA) is 44.5 Å². The minimum absolute atomic E-state index is 0.214. The van der Waals surface area contributed by atoms with Crippen LogP contribution in [0.3, 0.4) is 0 Å². The van der Waals surface area contributed by atoms with Gasteiger partial charge in [-0.05, 0) is 47.9 Å². The van der Waals surface area contributed by atoms with E-state index in [2.05, 4.69) is 15.9 Å². The minimum Gasteiger partial charge on any atom is -0.496 e. The molecule has 2 aromatic carbocycles. The van der Waals surface area contributed by atoms with Crippen molar-refractivity contribution in [3.05, 3.63) is 57.8 Å². The third kappa shape index (κ3) is 3.74. The predicted octanol–water partition coefficient (Wildman–Crippen LogP) is 3.85. The van der Waals surface area contributed by atoms with Crippen LogP contribution in [0.15, 0.2) is 40.9 Å². The largest absolute Gasteiger partial charge is 0.496 e. The Hall–Kier alpha value is -1.59. The van der Waals surface area contributed by atoms with Crippen LogP contribution < -0.4 is 15.2 Å². The molecule has 0 bridgehead atoms. The fourth-order valence-electron chi connectivity index (χ4n) is 2.17. The van der Waals surface area contributed by atoms with Crippen molar-refractivity contribution in [1.82, 2.24) is 0 Å². The molecule has 3 nitrogen and oxygen atoms in total. The molecule has 0 aliphatic heterocycles. The highest BCUT2D eigenvalue weighted by Crippen LogP contribution is 2.28. The third-order valence-corrected chi connectivity index (χ3v) is 3.78. The summed E-state index contributed by atoms with van der Waals surface area (Å²) in [6.45, 7) is 0. The first-order valence-corrected chi connectivity index (χ1v) is 7.26. The molecule has 2 rings (SSSR count). The molecule has 2 N–H and O–H groups in total. The molecular formula is C16H17BrFNO2. The lowest BCUT2D eigenvalue weighted by Crippen LogP contribution is -2.14. The van der Waals surface area contributed by atoms with Gasteiger partial charge in [0, 0.05) is 10.5 Å². The van der Waals surface area contributed by atoms with Crippen molar-refractivity contribution in [1.29, 1.82) is 0 Å². The molecule has 0 aromatic heterocycles. The Morgan fingerprint density at radius 1 is 1.10 bits per heavy atom. The summed E-state index contributed by atoms with van der Waals surface area (Å²) in [4.78, 5) is 0. The summed E-state index contributed by atoms with van der Waals surface area (Å²) in [5, 5.41) is 0. The average molecular weight is 354 g/mol. The number of hydrogen-bond donors (Lipinski definition) is 1. The van der Waals surface area contributed by atoms with Gasteiger partial charge in [0.15, 0.2) is 11.6 Å². The number of hydrogen-bond acceptors (Lipinski definition) is 3. The van der Waals surface area contributed by atoms with Crippen molar-refractivity contribution >= 4 is 15.9 Å². The van der Waals surface area contributed by atoms with Crippen LogP contribution in [-0.2, 0) is 6.42 Å². The van der Waals surface area contributed by atoms with Crippen LogP contribution in [0, 0.1) is 5.82 Å². The van der Waals surface area contributed by atoms with E-state index >= 15 is 0 Å². The molecule has 0 saturated heterocycles. The highest BCUT2D eigenvalue weighted by Gasteiger charge is 2.13. The zero-order valence-electron chi connectivity index (χ0n) is 11.9. The summed E-state index contributed by atoms with van der Waals surface area (Å²) in [7, 11) is 3.05. The molecule has 0 saturated carbocycles. The molecule has 1 atom stereocenters. The average Bonchev–Trinajstić information content (AvgIpc) is 2.47. The number of halogens is 2. The number of methoxy groups -OCH3 is 2. The summed E-state index contributed by atoms with van der Waals surface area (Å²) < 4.78 is 24.9. The van der Waals surface area contributed by atoms with Gasteiger partial charge in [-0.15, -0.1) is 0 Å². The predicted molar refractivity (Wildman–Crippen MR) is 84.3 cm³/mol. The monoisotopic (exact) mass is 353 g/mol. The fourth-order valence-corrected chi connectivity index (χ4v) is 2.58. The normalized spacial score (nSPS) is 12.0. The molecule has 1 unspecified atom stereocenters. The number of rotatable bonds is 5. The Morgan fingerprint density at radius 2 is 1.76 bits per heavy atom. The van der Waals surface area contributed by atoms with E-state index in [1.165, 1.54) is 13.2 Å². The lowest BCUT2D eigenvalue weighted by Gasteiger charge is -2.16. The van der Waals surface area contributed by atoms with Crippen molar-refractivity contribution in [3.8, 4) is 11.5 Å². The van der Waals surface area contributed by atoms with Crippen molar-refractivity contribution in [2.45, 2.75) is 12.5 Å². The third-order valence-electron chi connectivity index (χ3n) is 3.29. The van der Waals surface area contributed by atoms with Gasteiger partial charge in [0.05, 0.1) is 14.2 Å². The van der Waals surface area contributed by atoms with E-state index in [1.54, 1.807) is 19.2 Å². The fraction of sp³-hybridized carbons (Fsp3) is 0.250. The molecule has 21 heavy (non-hydrogen) atoms. The highest BCUT2D eigenvalue weighted by molar-refractivity contribution is 9.10. The molecule has 0 radical (unpaired) electrons. The van der Waals surface area contributed by atoms with Gasteiger partial charge in [-0.1, -0.05) is 22.0 Å². The van der Waals surface area contributed by atoms with E-state index in [0.29, 0.717) is 6.42 Å². The van der Waals surface area contributed by atoms with Crippen molar-refractivity contribution in [2.75, 3.05) is 14.2 Å². The molecule has 112 valence electrons. The Balaban J connectivity index is 2.23. The van der Waals surface area contributed by atoms with E-state index in [1.807, 2.05) is 18.2 Å². The molecule has 0 fully saturated rings. The Kier molecular flexibility index (Phi) is 5.20. The summed E-state index contributed by atoms with van der Waals surface area (Å²) in [5.41, 5.74) is 7.87. The second kappa shape index (κ2) is 6.91. The van der Waals surface area contributed by atoms with Gasteiger partial charge in [0.2, 0.25) is 0 Å². The minimum atomic E-state index is -0.411. The standard InChI is InChI=1S/C16H17BrFNO2/c1-20-15-6-4-12(17)7-11(15)9-14(19)10-3-5-16(21-2)13(18)8-10/h3-8,14H,9,19H2,1-2H3. The van der Waals surface area contributed by atoms with E-state index in [-0.39, 0.29) is 11.8 Å². The van der Waals surface area contributed by atoms with Gasteiger partial charge < -0.3 is 15.2 Å². The Labute approximate surface area is 132 Å². The van der Waals surface area contributed by atoms with Gasteiger partial charge in [0.1, 0.15) is 5.75 Å². The SMILES string of the molecule is COc1ccc(C(N)Cc2cc(Br)ccc2OC)cc1F. The summed E-state index contributed by atoms with van der Waals surface area (Å²) in [6.07, 6.45) is 0.550. The van der Waals surface area contributed by atoms with Gasteiger partial charge in [-0.25, -0.2) is 4.39 Å². The Morgan fingerprint density at radius 3 is 2.38 bits per heavy atom. The maximum absolute atomic E-state index is 13.7. The molecule has 5 heteroatoms. The van der Waals surface area contributed by atoms with Crippen LogP contribution >= 0.6 is 15.9 Å². The molecule has 0 heterocycles. The summed E-state index contributed by atoms with van der Waals surface area (Å²) in [5.74, 6) is 0.570. The zero-order chi connectivity index (χ0) is 15.4.